The van der Waals surface area contributed by atoms with Crippen LogP contribution in [-0.4, -0.2) is 189 Å². The first-order valence-corrected chi connectivity index (χ1v) is 13.5. The van der Waals surface area contributed by atoms with Crippen molar-refractivity contribution in [2.75, 3.05) is 125 Å². The number of ether oxygens (including phenoxy) is 2. The van der Waals surface area contributed by atoms with Crippen LogP contribution in [0.3, 0.4) is 0 Å². The first-order valence-electron chi connectivity index (χ1n) is 13.5. The van der Waals surface area contributed by atoms with Gasteiger partial charge in [-0.1, -0.05) is 0 Å². The summed E-state index contributed by atoms with van der Waals surface area (Å²) in [5.74, 6) is -3.58. The molecule has 1 fully saturated rings. The minimum atomic E-state index is -1.02. The molecular weight excluding hydrogens is 546 g/mol. The Morgan fingerprint density at radius 2 is 0.951 bits per heavy atom. The molecule has 0 unspecified atom stereocenters. The molecule has 0 spiro atoms. The van der Waals surface area contributed by atoms with E-state index < -0.39 is 17.9 Å². The lowest BCUT2D eigenvalue weighted by atomic mass is 10.3. The highest BCUT2D eigenvalue weighted by molar-refractivity contribution is 5.78. The molecule has 236 valence electrons. The number of nitrogens with zero attached hydrogens (tertiary/aromatic N) is 4. The fourth-order valence-corrected chi connectivity index (χ4v) is 3.95. The third-order valence-corrected chi connectivity index (χ3v) is 6.01. The van der Waals surface area contributed by atoms with Crippen LogP contribution < -0.4 is 16.4 Å². The predicted molar refractivity (Wildman–Crippen MR) is 145 cm³/mol. The molecule has 1 heterocycles. The zero-order valence-electron chi connectivity index (χ0n) is 23.5. The van der Waals surface area contributed by atoms with Gasteiger partial charge in [-0.2, -0.15) is 0 Å². The molecule has 17 nitrogen and oxygen atoms in total. The zero-order valence-corrected chi connectivity index (χ0v) is 23.5. The Morgan fingerprint density at radius 3 is 1.37 bits per heavy atom. The van der Waals surface area contributed by atoms with E-state index in [0.717, 1.165) is 0 Å². The molecular formula is C24H45N7O10. The standard InChI is InChI=1S/C24H45N7O10/c25-1-2-26-21(33)19-41-14-13-40-12-3-27-20(32)15-28-4-6-29(16-22(34)35)8-10-31(18-24(38)39)11-9-30(7-5-28)17-23(36)37/h1-19,25H2,(H,26,33)(H,27,32)(H,34,35)(H,36,37)(H,38,39). The van der Waals surface area contributed by atoms with Crippen LogP contribution in [0.2, 0.25) is 0 Å². The smallest absolute Gasteiger partial charge is 0.317 e. The number of amides is 2. The van der Waals surface area contributed by atoms with Crippen LogP contribution in [0.15, 0.2) is 0 Å². The van der Waals surface area contributed by atoms with E-state index in [1.807, 2.05) is 4.90 Å². The molecule has 0 aromatic heterocycles. The van der Waals surface area contributed by atoms with Crippen molar-refractivity contribution in [2.24, 2.45) is 5.73 Å². The summed E-state index contributed by atoms with van der Waals surface area (Å²) in [6.07, 6.45) is 0. The van der Waals surface area contributed by atoms with Gasteiger partial charge in [0.25, 0.3) is 0 Å². The Balaban J connectivity index is 2.58. The van der Waals surface area contributed by atoms with Crippen LogP contribution in [0.25, 0.3) is 0 Å². The van der Waals surface area contributed by atoms with Crippen molar-refractivity contribution < 1.29 is 48.8 Å². The van der Waals surface area contributed by atoms with Crippen molar-refractivity contribution >= 4 is 29.7 Å². The van der Waals surface area contributed by atoms with Gasteiger partial charge in [-0.3, -0.25) is 43.6 Å². The van der Waals surface area contributed by atoms with Gasteiger partial charge in [0, 0.05) is 72.0 Å². The number of nitrogens with two attached hydrogens (primary N) is 1. The maximum absolute atomic E-state index is 12.6. The van der Waals surface area contributed by atoms with Crippen LogP contribution in [0.4, 0.5) is 0 Å². The zero-order chi connectivity index (χ0) is 30.5. The fourth-order valence-electron chi connectivity index (χ4n) is 3.95. The number of hydrogen-bond donors (Lipinski definition) is 6. The van der Waals surface area contributed by atoms with Crippen LogP contribution >= 0.6 is 0 Å². The van der Waals surface area contributed by atoms with Crippen molar-refractivity contribution in [1.29, 1.82) is 0 Å². The summed E-state index contributed by atoms with van der Waals surface area (Å²) < 4.78 is 10.6. The number of carbonyl (C=O) groups is 5. The average molecular weight is 592 g/mol. The summed E-state index contributed by atoms with van der Waals surface area (Å²) in [5, 5.41) is 33.2. The van der Waals surface area contributed by atoms with E-state index in [4.69, 9.17) is 15.2 Å². The molecule has 1 rings (SSSR count). The van der Waals surface area contributed by atoms with E-state index >= 15 is 0 Å². The molecule has 0 aromatic rings. The largest absolute Gasteiger partial charge is 0.480 e. The number of carbonyl (C=O) groups excluding carboxylic acids is 2. The van der Waals surface area contributed by atoms with E-state index in [0.29, 0.717) is 65.4 Å². The first kappa shape index (κ1) is 36.1. The van der Waals surface area contributed by atoms with Gasteiger partial charge >= 0.3 is 17.9 Å². The number of nitrogens with one attached hydrogen (secondary N) is 2. The molecule has 2 amide bonds. The van der Waals surface area contributed by atoms with E-state index in [-0.39, 0.29) is 71.0 Å². The highest BCUT2D eigenvalue weighted by atomic mass is 16.5. The SMILES string of the molecule is NCCNC(=O)COCCOCCNC(=O)CN1CCN(CC(=O)O)CCN(CC(=O)O)CCN(CC(=O)O)CC1. The van der Waals surface area contributed by atoms with Gasteiger partial charge in [-0.25, -0.2) is 0 Å². The van der Waals surface area contributed by atoms with Crippen LogP contribution in [-0.2, 0) is 33.4 Å². The molecule has 0 aromatic carbocycles. The minimum absolute atomic E-state index is 0.0218. The third-order valence-electron chi connectivity index (χ3n) is 6.01. The molecule has 0 radical (unpaired) electrons. The molecule has 41 heavy (non-hydrogen) atoms. The van der Waals surface area contributed by atoms with E-state index in [9.17, 15) is 39.3 Å². The number of carboxylic acid groups (broad SMARTS) is 3. The van der Waals surface area contributed by atoms with Gasteiger partial charge in [0.05, 0.1) is 46.0 Å². The predicted octanol–water partition coefficient (Wildman–Crippen LogP) is -4.31. The van der Waals surface area contributed by atoms with Gasteiger partial charge in [0.15, 0.2) is 0 Å². The minimum Gasteiger partial charge on any atom is -0.480 e. The van der Waals surface area contributed by atoms with Crippen molar-refractivity contribution in [2.45, 2.75) is 0 Å². The molecule has 0 atom stereocenters. The second-order valence-corrected chi connectivity index (χ2v) is 9.44. The van der Waals surface area contributed by atoms with Gasteiger partial charge in [0.1, 0.15) is 6.61 Å². The summed E-state index contributed by atoms with van der Waals surface area (Å²) in [6, 6.07) is 0. The van der Waals surface area contributed by atoms with Crippen molar-refractivity contribution in [3.05, 3.63) is 0 Å². The molecule has 0 bridgehead atoms. The van der Waals surface area contributed by atoms with E-state index in [1.54, 1.807) is 14.7 Å². The van der Waals surface area contributed by atoms with Crippen molar-refractivity contribution in [1.82, 2.24) is 30.2 Å². The Labute approximate surface area is 239 Å². The summed E-state index contributed by atoms with van der Waals surface area (Å²) in [6.45, 7) is 3.47. The Bertz CT molecular complexity index is 788. The summed E-state index contributed by atoms with van der Waals surface area (Å²) >= 11 is 0. The van der Waals surface area contributed by atoms with E-state index in [1.165, 1.54) is 0 Å². The molecule has 1 aliphatic heterocycles. The van der Waals surface area contributed by atoms with Crippen LogP contribution in [0, 0.1) is 0 Å². The summed E-state index contributed by atoms with van der Waals surface area (Å²) in [5.41, 5.74) is 5.30. The number of carboxylic acids is 3. The Hall–Kier alpha value is -2.93. The summed E-state index contributed by atoms with van der Waals surface area (Å²) in [4.78, 5) is 64.9. The van der Waals surface area contributed by atoms with Crippen LogP contribution in [0.1, 0.15) is 0 Å². The number of hydrogen-bond acceptors (Lipinski definition) is 12. The molecule has 1 aliphatic rings. The first-order chi connectivity index (χ1) is 19.6. The van der Waals surface area contributed by atoms with Gasteiger partial charge in [0.2, 0.25) is 11.8 Å². The maximum Gasteiger partial charge on any atom is 0.317 e. The van der Waals surface area contributed by atoms with Crippen molar-refractivity contribution in [3.8, 4) is 0 Å². The second kappa shape index (κ2) is 21.8. The van der Waals surface area contributed by atoms with Crippen molar-refractivity contribution in [3.63, 3.8) is 0 Å². The van der Waals surface area contributed by atoms with Gasteiger partial charge < -0.3 is 41.2 Å². The highest BCUT2D eigenvalue weighted by Crippen LogP contribution is 2.01. The molecule has 17 heteroatoms. The van der Waals surface area contributed by atoms with E-state index in [2.05, 4.69) is 10.6 Å². The second-order valence-electron chi connectivity index (χ2n) is 9.44. The topological polar surface area (TPSA) is 228 Å². The third kappa shape index (κ3) is 19.7. The molecule has 1 saturated heterocycles. The molecule has 7 N–H and O–H groups in total. The summed E-state index contributed by atoms with van der Waals surface area (Å²) in [7, 11) is 0. The molecule has 0 aliphatic carbocycles. The quantitative estimate of drug-likeness (QED) is 0.0829. The highest BCUT2D eigenvalue weighted by Gasteiger charge is 2.21. The lowest BCUT2D eigenvalue weighted by molar-refractivity contribution is -0.140. The van der Waals surface area contributed by atoms with Gasteiger partial charge in [-0.15, -0.1) is 0 Å². The normalized spacial score (nSPS) is 16.8. The Morgan fingerprint density at radius 1 is 0.561 bits per heavy atom. The lowest BCUT2D eigenvalue weighted by Gasteiger charge is -2.32. The molecule has 0 saturated carbocycles. The van der Waals surface area contributed by atoms with Crippen LogP contribution in [0.5, 0.6) is 0 Å². The lowest BCUT2D eigenvalue weighted by Crippen LogP contribution is -2.50. The number of rotatable bonds is 18. The monoisotopic (exact) mass is 591 g/mol. The maximum atomic E-state index is 12.6. The average Bonchev–Trinajstić information content (AvgIpc) is 2.89. The number of aliphatic carboxylic acids is 3. The Kier molecular flexibility index (Phi) is 19.2. The van der Waals surface area contributed by atoms with Gasteiger partial charge in [-0.05, 0) is 0 Å². The fraction of sp³-hybridized carbons (Fsp3) is 0.792.